The van der Waals surface area contributed by atoms with E-state index in [-0.39, 0.29) is 11.4 Å². The van der Waals surface area contributed by atoms with E-state index in [1.807, 2.05) is 7.05 Å². The number of nitrogens with one attached hydrogen (secondary N) is 1. The number of likely N-dealkylation sites (tertiary alicyclic amines) is 1. The standard InChI is InChI=1S/C13H23N5O/c1-9-11(15-16-14-9)12(19)17(4)8-10-6-7-18(5)13(10,2)3/h10H,6-8H2,1-5H3,(H,14,15,16)/t10-/m0/s1. The second-order valence-corrected chi connectivity index (χ2v) is 6.00. The zero-order valence-corrected chi connectivity index (χ0v) is 12.4. The Morgan fingerprint density at radius 2 is 2.21 bits per heavy atom. The quantitative estimate of drug-likeness (QED) is 0.882. The largest absolute Gasteiger partial charge is 0.340 e. The molecule has 6 nitrogen and oxygen atoms in total. The highest BCUT2D eigenvalue weighted by Crippen LogP contribution is 2.33. The van der Waals surface area contributed by atoms with Crippen molar-refractivity contribution in [1.82, 2.24) is 25.2 Å². The number of aryl methyl sites for hydroxylation is 1. The van der Waals surface area contributed by atoms with E-state index in [2.05, 4.69) is 41.2 Å². The van der Waals surface area contributed by atoms with Crippen LogP contribution < -0.4 is 0 Å². The average Bonchev–Trinajstić information content (AvgIpc) is 2.87. The van der Waals surface area contributed by atoms with Crippen LogP contribution in [0.1, 0.15) is 36.5 Å². The first-order valence-corrected chi connectivity index (χ1v) is 6.68. The van der Waals surface area contributed by atoms with Gasteiger partial charge < -0.3 is 9.80 Å². The van der Waals surface area contributed by atoms with Crippen LogP contribution in [-0.4, -0.2) is 63.8 Å². The van der Waals surface area contributed by atoms with E-state index in [0.29, 0.717) is 17.3 Å². The van der Waals surface area contributed by atoms with E-state index < -0.39 is 0 Å². The van der Waals surface area contributed by atoms with Crippen molar-refractivity contribution in [2.45, 2.75) is 32.7 Å². The van der Waals surface area contributed by atoms with Crippen LogP contribution in [-0.2, 0) is 0 Å². The minimum Gasteiger partial charge on any atom is -0.340 e. The summed E-state index contributed by atoms with van der Waals surface area (Å²) in [5.74, 6) is 0.426. The molecule has 0 unspecified atom stereocenters. The fourth-order valence-corrected chi connectivity index (χ4v) is 2.70. The van der Waals surface area contributed by atoms with Gasteiger partial charge in [0.25, 0.3) is 5.91 Å². The smallest absolute Gasteiger partial charge is 0.276 e. The van der Waals surface area contributed by atoms with E-state index >= 15 is 0 Å². The molecular weight excluding hydrogens is 242 g/mol. The molecule has 1 fully saturated rings. The van der Waals surface area contributed by atoms with E-state index in [1.54, 1.807) is 11.8 Å². The Hall–Kier alpha value is -1.43. The maximum Gasteiger partial charge on any atom is 0.276 e. The third-order valence-corrected chi connectivity index (χ3v) is 4.56. The summed E-state index contributed by atoms with van der Waals surface area (Å²) in [6, 6.07) is 0. The van der Waals surface area contributed by atoms with Gasteiger partial charge in [0.15, 0.2) is 5.69 Å². The Morgan fingerprint density at radius 3 is 2.68 bits per heavy atom. The van der Waals surface area contributed by atoms with Gasteiger partial charge in [-0.25, -0.2) is 0 Å². The topological polar surface area (TPSA) is 65.1 Å². The molecule has 1 saturated heterocycles. The van der Waals surface area contributed by atoms with Gasteiger partial charge in [0.1, 0.15) is 0 Å². The number of hydrogen-bond donors (Lipinski definition) is 1. The van der Waals surface area contributed by atoms with E-state index in [0.717, 1.165) is 19.5 Å². The molecule has 0 bridgehead atoms. The number of H-pyrrole nitrogens is 1. The van der Waals surface area contributed by atoms with Crippen molar-refractivity contribution in [2.24, 2.45) is 5.92 Å². The number of carbonyl (C=O) groups is 1. The summed E-state index contributed by atoms with van der Waals surface area (Å²) in [5.41, 5.74) is 1.21. The van der Waals surface area contributed by atoms with E-state index in [9.17, 15) is 4.79 Å². The molecule has 1 aromatic rings. The lowest BCUT2D eigenvalue weighted by molar-refractivity contribution is 0.0722. The lowest BCUT2D eigenvalue weighted by Gasteiger charge is -2.35. The molecule has 2 heterocycles. The van der Waals surface area contributed by atoms with Gasteiger partial charge in [-0.05, 0) is 46.7 Å². The number of aromatic nitrogens is 3. The van der Waals surface area contributed by atoms with Crippen molar-refractivity contribution in [1.29, 1.82) is 0 Å². The summed E-state index contributed by atoms with van der Waals surface area (Å²) in [6.07, 6.45) is 1.12. The van der Waals surface area contributed by atoms with Gasteiger partial charge in [0.2, 0.25) is 0 Å². The zero-order chi connectivity index (χ0) is 14.2. The highest BCUT2D eigenvalue weighted by atomic mass is 16.2. The van der Waals surface area contributed by atoms with Crippen molar-refractivity contribution >= 4 is 5.91 Å². The van der Waals surface area contributed by atoms with Gasteiger partial charge in [-0.15, -0.1) is 0 Å². The average molecular weight is 265 g/mol. The molecule has 2 rings (SSSR count). The monoisotopic (exact) mass is 265 g/mol. The second kappa shape index (κ2) is 4.92. The second-order valence-electron chi connectivity index (χ2n) is 6.00. The molecule has 0 spiro atoms. The third kappa shape index (κ3) is 2.49. The van der Waals surface area contributed by atoms with Gasteiger partial charge in [-0.3, -0.25) is 4.79 Å². The zero-order valence-electron chi connectivity index (χ0n) is 12.4. The first-order valence-electron chi connectivity index (χ1n) is 6.68. The molecule has 6 heteroatoms. The van der Waals surface area contributed by atoms with Crippen molar-refractivity contribution in [3.05, 3.63) is 11.4 Å². The Balaban J connectivity index is 2.04. The number of carbonyl (C=O) groups excluding carboxylic acids is 1. The first kappa shape index (κ1) is 14.0. The summed E-state index contributed by atoms with van der Waals surface area (Å²) < 4.78 is 0. The SMILES string of the molecule is Cc1n[nH]nc1C(=O)N(C)C[C@@H]1CCN(C)C1(C)C. The number of aromatic amines is 1. The Morgan fingerprint density at radius 1 is 1.53 bits per heavy atom. The van der Waals surface area contributed by atoms with Crippen LogP contribution >= 0.6 is 0 Å². The molecule has 1 amide bonds. The molecule has 1 aromatic heterocycles. The predicted molar refractivity (Wildman–Crippen MR) is 72.9 cm³/mol. The van der Waals surface area contributed by atoms with Crippen molar-refractivity contribution in [3.8, 4) is 0 Å². The molecule has 1 N–H and O–H groups in total. The van der Waals surface area contributed by atoms with Crippen molar-refractivity contribution in [3.63, 3.8) is 0 Å². The van der Waals surface area contributed by atoms with Crippen LogP contribution in [0.3, 0.4) is 0 Å². The van der Waals surface area contributed by atoms with Gasteiger partial charge in [-0.1, -0.05) is 0 Å². The van der Waals surface area contributed by atoms with Gasteiger partial charge in [-0.2, -0.15) is 15.4 Å². The minimum atomic E-state index is -0.0587. The Labute approximate surface area is 114 Å². The fourth-order valence-electron chi connectivity index (χ4n) is 2.70. The minimum absolute atomic E-state index is 0.0587. The highest BCUT2D eigenvalue weighted by Gasteiger charge is 2.40. The molecular formula is C13H23N5O. The van der Waals surface area contributed by atoms with Crippen LogP contribution in [0.2, 0.25) is 0 Å². The number of hydrogen-bond acceptors (Lipinski definition) is 4. The normalized spacial score (nSPS) is 22.7. The molecule has 1 aliphatic rings. The summed E-state index contributed by atoms with van der Waals surface area (Å²) in [6.45, 7) is 8.11. The van der Waals surface area contributed by atoms with E-state index in [1.165, 1.54) is 0 Å². The Bertz CT molecular complexity index is 467. The highest BCUT2D eigenvalue weighted by molar-refractivity contribution is 5.92. The van der Waals surface area contributed by atoms with Crippen molar-refractivity contribution in [2.75, 3.05) is 27.2 Å². The number of amides is 1. The molecule has 19 heavy (non-hydrogen) atoms. The van der Waals surface area contributed by atoms with Crippen molar-refractivity contribution < 1.29 is 4.79 Å². The summed E-state index contributed by atoms with van der Waals surface area (Å²) in [4.78, 5) is 16.4. The molecule has 106 valence electrons. The summed E-state index contributed by atoms with van der Waals surface area (Å²) >= 11 is 0. The van der Waals surface area contributed by atoms with Crippen LogP contribution in [0.4, 0.5) is 0 Å². The maximum atomic E-state index is 12.3. The number of nitrogens with zero attached hydrogens (tertiary/aromatic N) is 4. The van der Waals surface area contributed by atoms with E-state index in [4.69, 9.17) is 0 Å². The van der Waals surface area contributed by atoms with Crippen LogP contribution in [0.25, 0.3) is 0 Å². The third-order valence-electron chi connectivity index (χ3n) is 4.56. The molecule has 1 aliphatic heterocycles. The fraction of sp³-hybridized carbons (Fsp3) is 0.769. The van der Waals surface area contributed by atoms with Crippen LogP contribution in [0, 0.1) is 12.8 Å². The lowest BCUT2D eigenvalue weighted by Crippen LogP contribution is -2.44. The van der Waals surface area contributed by atoms with Gasteiger partial charge >= 0.3 is 0 Å². The van der Waals surface area contributed by atoms with Crippen LogP contribution in [0.5, 0.6) is 0 Å². The first-order chi connectivity index (χ1) is 8.84. The van der Waals surface area contributed by atoms with Crippen LogP contribution in [0.15, 0.2) is 0 Å². The molecule has 0 saturated carbocycles. The molecule has 0 radical (unpaired) electrons. The Kier molecular flexibility index (Phi) is 3.62. The lowest BCUT2D eigenvalue weighted by atomic mass is 9.88. The van der Waals surface area contributed by atoms with Gasteiger partial charge in [0.05, 0.1) is 5.69 Å². The predicted octanol–water partition coefficient (Wildman–Crippen LogP) is 0.915. The maximum absolute atomic E-state index is 12.3. The van der Waals surface area contributed by atoms with Gasteiger partial charge in [0, 0.05) is 19.1 Å². The number of rotatable bonds is 3. The molecule has 1 atom stereocenters. The molecule has 0 aromatic carbocycles. The molecule has 0 aliphatic carbocycles. The summed E-state index contributed by atoms with van der Waals surface area (Å²) in [5, 5.41) is 10.3. The summed E-state index contributed by atoms with van der Waals surface area (Å²) in [7, 11) is 3.98.